The van der Waals surface area contributed by atoms with Crippen LogP contribution in [0.3, 0.4) is 0 Å². The minimum Gasteiger partial charge on any atom is -0.461 e. The van der Waals surface area contributed by atoms with E-state index < -0.39 is 0 Å². The van der Waals surface area contributed by atoms with E-state index in [1.165, 1.54) is 0 Å². The Morgan fingerprint density at radius 1 is 1.64 bits per heavy atom. The summed E-state index contributed by atoms with van der Waals surface area (Å²) in [6, 6.07) is 0. The first-order valence-corrected chi connectivity index (χ1v) is 5.44. The highest BCUT2D eigenvalue weighted by Crippen LogP contribution is 2.26. The Morgan fingerprint density at radius 3 is 2.82 bits per heavy atom. The number of halogens is 1. The first-order chi connectivity index (χ1) is 5.15. The van der Waals surface area contributed by atoms with E-state index in [1.807, 2.05) is 6.92 Å². The molecule has 1 rings (SSSR count). The summed E-state index contributed by atoms with van der Waals surface area (Å²) in [5.74, 6) is 0.605. The molecule has 0 saturated carbocycles. The van der Waals surface area contributed by atoms with Gasteiger partial charge in [0, 0.05) is 4.43 Å². The van der Waals surface area contributed by atoms with Crippen LogP contribution in [0.1, 0.15) is 20.3 Å². The smallest absolute Gasteiger partial charge is 0.308 e. The van der Waals surface area contributed by atoms with Crippen LogP contribution in [-0.2, 0) is 9.53 Å². The van der Waals surface area contributed by atoms with Crippen LogP contribution in [0.5, 0.6) is 0 Å². The third-order valence-corrected chi connectivity index (χ3v) is 3.05. The van der Waals surface area contributed by atoms with Crippen LogP contribution in [0.25, 0.3) is 0 Å². The quantitative estimate of drug-likeness (QED) is 0.413. The maximum atomic E-state index is 11.1. The number of cyclic esters (lactones) is 1. The standard InChI is InChI=1S/C8H13IO2/c1-5-3-6(2)8(10)11-7(5)4-9/h5-7H,3-4H2,1-2H3/t5-,6+,7-/m0/s1. The third kappa shape index (κ3) is 2.07. The van der Waals surface area contributed by atoms with E-state index in [1.54, 1.807) is 0 Å². The summed E-state index contributed by atoms with van der Waals surface area (Å²) in [4.78, 5) is 11.1. The molecule has 0 radical (unpaired) electrons. The molecule has 0 bridgehead atoms. The van der Waals surface area contributed by atoms with Crippen molar-refractivity contribution in [3.63, 3.8) is 0 Å². The van der Waals surface area contributed by atoms with E-state index in [0.29, 0.717) is 5.92 Å². The number of ether oxygens (including phenoxy) is 1. The first kappa shape index (κ1) is 9.29. The number of hydrogen-bond donors (Lipinski definition) is 0. The van der Waals surface area contributed by atoms with E-state index in [9.17, 15) is 4.79 Å². The van der Waals surface area contributed by atoms with Crippen LogP contribution in [0.4, 0.5) is 0 Å². The van der Waals surface area contributed by atoms with Crippen LogP contribution in [-0.4, -0.2) is 16.5 Å². The van der Waals surface area contributed by atoms with Crippen LogP contribution in [0.15, 0.2) is 0 Å². The van der Waals surface area contributed by atoms with E-state index in [4.69, 9.17) is 4.74 Å². The molecule has 1 aliphatic heterocycles. The van der Waals surface area contributed by atoms with Crippen LogP contribution in [0, 0.1) is 11.8 Å². The van der Waals surface area contributed by atoms with Gasteiger partial charge >= 0.3 is 5.97 Å². The molecule has 11 heavy (non-hydrogen) atoms. The minimum atomic E-state index is -0.0234. The van der Waals surface area contributed by atoms with Crippen molar-refractivity contribution < 1.29 is 9.53 Å². The molecule has 1 heterocycles. The fourth-order valence-corrected chi connectivity index (χ4v) is 2.42. The second-order valence-electron chi connectivity index (χ2n) is 3.24. The highest BCUT2D eigenvalue weighted by molar-refractivity contribution is 14.1. The van der Waals surface area contributed by atoms with Crippen molar-refractivity contribution in [1.82, 2.24) is 0 Å². The zero-order valence-corrected chi connectivity index (χ0v) is 9.00. The van der Waals surface area contributed by atoms with E-state index >= 15 is 0 Å². The molecular formula is C8H13IO2. The molecule has 3 atom stereocenters. The molecule has 0 unspecified atom stereocenters. The lowest BCUT2D eigenvalue weighted by atomic mass is 9.91. The molecule has 3 heteroatoms. The first-order valence-electron chi connectivity index (χ1n) is 3.91. The molecule has 0 aromatic heterocycles. The molecule has 2 nitrogen and oxygen atoms in total. The van der Waals surface area contributed by atoms with Gasteiger partial charge in [-0.3, -0.25) is 4.79 Å². The topological polar surface area (TPSA) is 26.3 Å². The van der Waals surface area contributed by atoms with Gasteiger partial charge in [0.25, 0.3) is 0 Å². The second-order valence-corrected chi connectivity index (χ2v) is 4.12. The summed E-state index contributed by atoms with van der Waals surface area (Å²) in [5.41, 5.74) is 0. The molecular weight excluding hydrogens is 255 g/mol. The van der Waals surface area contributed by atoms with Crippen molar-refractivity contribution >= 4 is 28.6 Å². The fourth-order valence-electron chi connectivity index (χ4n) is 1.37. The molecule has 0 aliphatic carbocycles. The lowest BCUT2D eigenvalue weighted by Crippen LogP contribution is -2.36. The molecule has 64 valence electrons. The zero-order valence-electron chi connectivity index (χ0n) is 6.84. The van der Waals surface area contributed by atoms with Gasteiger partial charge in [0.05, 0.1) is 5.92 Å². The van der Waals surface area contributed by atoms with Gasteiger partial charge in [-0.2, -0.15) is 0 Å². The van der Waals surface area contributed by atoms with Gasteiger partial charge in [-0.1, -0.05) is 36.4 Å². The van der Waals surface area contributed by atoms with Crippen molar-refractivity contribution in [2.24, 2.45) is 11.8 Å². The van der Waals surface area contributed by atoms with Gasteiger partial charge in [0.15, 0.2) is 0 Å². The molecule has 0 aromatic carbocycles. The Hall–Kier alpha value is 0.200. The average molecular weight is 268 g/mol. The van der Waals surface area contributed by atoms with Crippen LogP contribution < -0.4 is 0 Å². The lowest BCUT2D eigenvalue weighted by molar-refractivity contribution is -0.161. The third-order valence-electron chi connectivity index (χ3n) is 2.18. The maximum absolute atomic E-state index is 11.1. The summed E-state index contributed by atoms with van der Waals surface area (Å²) in [6.07, 6.45) is 1.13. The Bertz CT molecular complexity index is 158. The average Bonchev–Trinajstić information content (AvgIpc) is 1.97. The molecule has 0 aromatic rings. The zero-order chi connectivity index (χ0) is 8.43. The van der Waals surface area contributed by atoms with Crippen molar-refractivity contribution in [3.05, 3.63) is 0 Å². The van der Waals surface area contributed by atoms with Gasteiger partial charge in [-0.25, -0.2) is 0 Å². The highest BCUT2D eigenvalue weighted by Gasteiger charge is 2.31. The van der Waals surface area contributed by atoms with E-state index in [0.717, 1.165) is 10.8 Å². The molecule has 0 spiro atoms. The van der Waals surface area contributed by atoms with E-state index in [2.05, 4.69) is 29.5 Å². The van der Waals surface area contributed by atoms with Crippen molar-refractivity contribution in [2.75, 3.05) is 4.43 Å². The largest absolute Gasteiger partial charge is 0.461 e. The normalized spacial score (nSPS) is 38.5. The number of rotatable bonds is 1. The number of hydrogen-bond acceptors (Lipinski definition) is 2. The molecule has 0 amide bonds. The second kappa shape index (κ2) is 3.74. The molecule has 0 N–H and O–H groups in total. The Balaban J connectivity index is 2.54. The monoisotopic (exact) mass is 268 g/mol. The van der Waals surface area contributed by atoms with Crippen molar-refractivity contribution in [1.29, 1.82) is 0 Å². The number of carbonyl (C=O) groups is 1. The van der Waals surface area contributed by atoms with Gasteiger partial charge in [0.2, 0.25) is 0 Å². The number of esters is 1. The Kier molecular flexibility index (Phi) is 3.16. The predicted molar refractivity (Wildman–Crippen MR) is 51.7 cm³/mol. The van der Waals surface area contributed by atoms with Gasteiger partial charge in [-0.15, -0.1) is 0 Å². The summed E-state index contributed by atoms with van der Waals surface area (Å²) in [5, 5.41) is 0. The fraction of sp³-hybridized carbons (Fsp3) is 0.875. The SMILES string of the molecule is C[C@@H]1C[C@H](C)[C@H](CI)OC1=O. The molecule has 1 saturated heterocycles. The molecule has 1 aliphatic rings. The van der Waals surface area contributed by atoms with Crippen LogP contribution >= 0.6 is 22.6 Å². The Morgan fingerprint density at radius 2 is 2.27 bits per heavy atom. The Labute approximate surface area is 80.8 Å². The van der Waals surface area contributed by atoms with Crippen molar-refractivity contribution in [3.8, 4) is 0 Å². The lowest BCUT2D eigenvalue weighted by Gasteiger charge is -2.30. The summed E-state index contributed by atoms with van der Waals surface area (Å²) in [7, 11) is 0. The summed E-state index contributed by atoms with van der Waals surface area (Å²) >= 11 is 2.26. The number of carbonyl (C=O) groups excluding carboxylic acids is 1. The van der Waals surface area contributed by atoms with Crippen LogP contribution in [0.2, 0.25) is 0 Å². The summed E-state index contributed by atoms with van der Waals surface area (Å²) < 4.78 is 6.13. The van der Waals surface area contributed by atoms with Gasteiger partial charge in [0.1, 0.15) is 6.10 Å². The predicted octanol–water partition coefficient (Wildman–Crippen LogP) is 2.01. The van der Waals surface area contributed by atoms with Crippen molar-refractivity contribution in [2.45, 2.75) is 26.4 Å². The van der Waals surface area contributed by atoms with Gasteiger partial charge < -0.3 is 4.74 Å². The minimum absolute atomic E-state index is 0.0234. The summed E-state index contributed by atoms with van der Waals surface area (Å²) in [6.45, 7) is 4.08. The van der Waals surface area contributed by atoms with E-state index in [-0.39, 0.29) is 18.0 Å². The van der Waals surface area contributed by atoms with Gasteiger partial charge in [-0.05, 0) is 12.3 Å². The highest BCUT2D eigenvalue weighted by atomic mass is 127. The number of alkyl halides is 1. The maximum Gasteiger partial charge on any atom is 0.308 e. The molecule has 1 fully saturated rings.